The van der Waals surface area contributed by atoms with Gasteiger partial charge >= 0.3 is 0 Å². The summed E-state index contributed by atoms with van der Waals surface area (Å²) in [6.45, 7) is 1.64. The molecule has 0 atom stereocenters. The van der Waals surface area contributed by atoms with Gasteiger partial charge in [-0.3, -0.25) is 4.99 Å². The molecule has 1 aliphatic rings. The third-order valence-corrected chi connectivity index (χ3v) is 4.82. The number of fused-ring (bicyclic) bond motifs is 1. The van der Waals surface area contributed by atoms with Gasteiger partial charge in [-0.05, 0) is 48.4 Å². The fraction of sp³-hybridized carbons (Fsp3) is 0.286. The van der Waals surface area contributed by atoms with Crippen molar-refractivity contribution >= 4 is 17.6 Å². The lowest BCUT2D eigenvalue weighted by atomic mass is 10.1. The van der Waals surface area contributed by atoms with Crippen LogP contribution in [-0.2, 0) is 12.8 Å². The average molecular weight is 428 g/mol. The molecule has 1 aliphatic heterocycles. The molecule has 156 valence electrons. The Hall–Kier alpha value is -3.26. The molecule has 2 heterocycles. The highest BCUT2D eigenvalue weighted by atomic mass is 35.5. The van der Waals surface area contributed by atoms with Gasteiger partial charge < -0.3 is 24.6 Å². The fourth-order valence-corrected chi connectivity index (χ4v) is 3.13. The minimum atomic E-state index is 0.287. The molecule has 4 rings (SSSR count). The lowest BCUT2D eigenvalue weighted by molar-refractivity contribution is 0.174. The van der Waals surface area contributed by atoms with Gasteiger partial charge in [-0.2, -0.15) is 4.98 Å². The average Bonchev–Trinajstić information content (AvgIpc) is 3.42. The number of nitrogens with zero attached hydrogens (tertiary/aromatic N) is 3. The number of benzene rings is 2. The molecule has 0 amide bonds. The summed E-state index contributed by atoms with van der Waals surface area (Å²) in [5.74, 6) is 3.42. The van der Waals surface area contributed by atoms with Crippen molar-refractivity contribution in [1.29, 1.82) is 0 Å². The first kappa shape index (κ1) is 20.0. The summed E-state index contributed by atoms with van der Waals surface area (Å²) in [5.41, 5.74) is 2.03. The number of aromatic nitrogens is 2. The van der Waals surface area contributed by atoms with Crippen molar-refractivity contribution in [3.8, 4) is 22.9 Å². The lowest BCUT2D eigenvalue weighted by Gasteiger charge is -2.11. The highest BCUT2D eigenvalue weighted by Gasteiger charge is 2.13. The van der Waals surface area contributed by atoms with Gasteiger partial charge in [0, 0.05) is 37.1 Å². The van der Waals surface area contributed by atoms with Crippen molar-refractivity contribution in [3.05, 3.63) is 58.9 Å². The zero-order chi connectivity index (χ0) is 20.8. The molecule has 0 radical (unpaired) electrons. The van der Waals surface area contributed by atoms with E-state index < -0.39 is 0 Å². The van der Waals surface area contributed by atoms with Crippen LogP contribution in [0, 0.1) is 0 Å². The summed E-state index contributed by atoms with van der Waals surface area (Å²) >= 11 is 5.91. The van der Waals surface area contributed by atoms with Gasteiger partial charge in [-0.1, -0.05) is 22.8 Å². The smallest absolute Gasteiger partial charge is 0.231 e. The van der Waals surface area contributed by atoms with Gasteiger partial charge in [0.15, 0.2) is 17.5 Å². The number of hydrogen-bond donors (Lipinski definition) is 2. The first-order valence-corrected chi connectivity index (χ1v) is 10.0. The molecular weight excluding hydrogens is 406 g/mol. The van der Waals surface area contributed by atoms with Crippen LogP contribution in [0.4, 0.5) is 0 Å². The number of halogens is 1. The zero-order valence-corrected chi connectivity index (χ0v) is 17.3. The first-order chi connectivity index (χ1) is 14.7. The summed E-state index contributed by atoms with van der Waals surface area (Å²) in [4.78, 5) is 8.66. The van der Waals surface area contributed by atoms with Crippen LogP contribution < -0.4 is 20.1 Å². The second-order valence-corrected chi connectivity index (χ2v) is 7.07. The van der Waals surface area contributed by atoms with Gasteiger partial charge in [0.25, 0.3) is 0 Å². The predicted molar refractivity (Wildman–Crippen MR) is 114 cm³/mol. The summed E-state index contributed by atoms with van der Waals surface area (Å²) in [6.07, 6.45) is 1.43. The van der Waals surface area contributed by atoms with Crippen LogP contribution in [0.3, 0.4) is 0 Å². The molecule has 0 spiro atoms. The van der Waals surface area contributed by atoms with Crippen LogP contribution in [-0.4, -0.2) is 43.0 Å². The normalized spacial score (nSPS) is 12.8. The SMILES string of the molecule is CN=C(NCCc1ccc2c(c1)OCO2)NCCc1nc(-c2ccc(Cl)cc2)no1. The summed E-state index contributed by atoms with van der Waals surface area (Å²) < 4.78 is 16.1. The Labute approximate surface area is 179 Å². The van der Waals surface area contributed by atoms with E-state index in [0.29, 0.717) is 35.7 Å². The number of aliphatic imine (C=N–C) groups is 1. The van der Waals surface area contributed by atoms with Gasteiger partial charge in [0.2, 0.25) is 18.5 Å². The monoisotopic (exact) mass is 427 g/mol. The number of rotatable bonds is 7. The van der Waals surface area contributed by atoms with E-state index in [-0.39, 0.29) is 6.79 Å². The van der Waals surface area contributed by atoms with Crippen molar-refractivity contribution in [2.75, 3.05) is 26.9 Å². The molecule has 30 heavy (non-hydrogen) atoms. The van der Waals surface area contributed by atoms with Gasteiger partial charge in [-0.25, -0.2) is 0 Å². The van der Waals surface area contributed by atoms with Crippen molar-refractivity contribution in [1.82, 2.24) is 20.8 Å². The molecule has 2 N–H and O–H groups in total. The van der Waals surface area contributed by atoms with Crippen LogP contribution in [0.1, 0.15) is 11.5 Å². The third-order valence-electron chi connectivity index (χ3n) is 4.57. The Morgan fingerprint density at radius 3 is 2.60 bits per heavy atom. The quantitative estimate of drug-likeness (QED) is 0.442. The van der Waals surface area contributed by atoms with E-state index in [4.69, 9.17) is 25.6 Å². The van der Waals surface area contributed by atoms with E-state index in [1.165, 1.54) is 5.56 Å². The van der Waals surface area contributed by atoms with Crippen molar-refractivity contribution in [2.45, 2.75) is 12.8 Å². The molecule has 8 nitrogen and oxygen atoms in total. The highest BCUT2D eigenvalue weighted by molar-refractivity contribution is 6.30. The van der Waals surface area contributed by atoms with Gasteiger partial charge in [-0.15, -0.1) is 0 Å². The van der Waals surface area contributed by atoms with Crippen molar-refractivity contribution in [3.63, 3.8) is 0 Å². The molecular formula is C21H22ClN5O3. The van der Waals surface area contributed by atoms with Crippen molar-refractivity contribution in [2.24, 2.45) is 4.99 Å². The van der Waals surface area contributed by atoms with Crippen molar-refractivity contribution < 1.29 is 14.0 Å². The van der Waals surface area contributed by atoms with Crippen LogP contribution in [0.2, 0.25) is 5.02 Å². The number of ether oxygens (including phenoxy) is 2. The highest BCUT2D eigenvalue weighted by Crippen LogP contribution is 2.32. The predicted octanol–water partition coefficient (Wildman–Crippen LogP) is 3.07. The molecule has 0 saturated carbocycles. The maximum Gasteiger partial charge on any atom is 0.231 e. The minimum Gasteiger partial charge on any atom is -0.454 e. The minimum absolute atomic E-state index is 0.287. The Morgan fingerprint density at radius 1 is 1.03 bits per heavy atom. The number of nitrogens with one attached hydrogen (secondary N) is 2. The Kier molecular flexibility index (Phi) is 6.34. The summed E-state index contributed by atoms with van der Waals surface area (Å²) in [6, 6.07) is 13.3. The Balaban J connectivity index is 1.21. The van der Waals surface area contributed by atoms with Gasteiger partial charge in [0.05, 0.1) is 0 Å². The van der Waals surface area contributed by atoms with E-state index >= 15 is 0 Å². The molecule has 9 heteroatoms. The topological polar surface area (TPSA) is 93.8 Å². The Bertz CT molecular complexity index is 1020. The van der Waals surface area contributed by atoms with Crippen LogP contribution in [0.5, 0.6) is 11.5 Å². The molecule has 0 aliphatic carbocycles. The van der Waals surface area contributed by atoms with E-state index in [9.17, 15) is 0 Å². The molecule has 1 aromatic heterocycles. The zero-order valence-electron chi connectivity index (χ0n) is 16.5. The van der Waals surface area contributed by atoms with Crippen LogP contribution in [0.25, 0.3) is 11.4 Å². The standard InChI is InChI=1S/C21H22ClN5O3/c1-23-21(24-10-8-14-2-7-17-18(12-14)29-13-28-17)25-11-9-19-26-20(27-30-19)15-3-5-16(22)6-4-15/h2-7,12H,8-11,13H2,1H3,(H2,23,24,25). The van der Waals surface area contributed by atoms with Crippen LogP contribution in [0.15, 0.2) is 52.0 Å². The number of hydrogen-bond acceptors (Lipinski definition) is 6. The molecule has 0 fully saturated rings. The molecule has 3 aromatic rings. The summed E-state index contributed by atoms with van der Waals surface area (Å²) in [5, 5.41) is 11.2. The first-order valence-electron chi connectivity index (χ1n) is 9.63. The van der Waals surface area contributed by atoms with E-state index in [1.807, 2.05) is 30.3 Å². The maximum atomic E-state index is 5.91. The van der Waals surface area contributed by atoms with E-state index in [2.05, 4.69) is 25.8 Å². The fourth-order valence-electron chi connectivity index (χ4n) is 3.00. The lowest BCUT2D eigenvalue weighted by Crippen LogP contribution is -2.39. The summed E-state index contributed by atoms with van der Waals surface area (Å²) in [7, 11) is 1.74. The van der Waals surface area contributed by atoms with E-state index in [0.717, 1.165) is 30.0 Å². The molecule has 0 saturated heterocycles. The third kappa shape index (κ3) is 5.01. The van der Waals surface area contributed by atoms with E-state index in [1.54, 1.807) is 19.2 Å². The van der Waals surface area contributed by atoms with Crippen LogP contribution >= 0.6 is 11.6 Å². The molecule has 2 aromatic carbocycles. The maximum absolute atomic E-state index is 5.91. The van der Waals surface area contributed by atoms with Gasteiger partial charge in [0.1, 0.15) is 0 Å². The molecule has 0 bridgehead atoms. The molecule has 0 unspecified atom stereocenters. The largest absolute Gasteiger partial charge is 0.454 e. The Morgan fingerprint density at radius 2 is 1.80 bits per heavy atom. The second-order valence-electron chi connectivity index (χ2n) is 6.63. The second kappa shape index (κ2) is 9.49. The number of guanidine groups is 1.